The van der Waals surface area contributed by atoms with E-state index in [4.69, 9.17) is 0 Å². The largest absolute Gasteiger partial charge is 0.573 e. The highest BCUT2D eigenvalue weighted by atomic mass is 32.2. The molecule has 12 heteroatoms. The van der Waals surface area contributed by atoms with Gasteiger partial charge in [-0.1, -0.05) is 60.6 Å². The minimum absolute atomic E-state index is 0.300. The highest BCUT2D eigenvalue weighted by Gasteiger charge is 2.31. The van der Waals surface area contributed by atoms with E-state index in [0.29, 0.717) is 24.0 Å². The number of alkyl halides is 3. The molecule has 0 bridgehead atoms. The van der Waals surface area contributed by atoms with Gasteiger partial charge < -0.3 is 15.0 Å². The van der Waals surface area contributed by atoms with E-state index in [1.165, 1.54) is 52.0 Å². The molecule has 0 radical (unpaired) electrons. The molecule has 0 saturated carbocycles. The second kappa shape index (κ2) is 13.8. The number of halogens is 3. The van der Waals surface area contributed by atoms with Crippen LogP contribution in [0.15, 0.2) is 72.0 Å². The SMILES string of the molecule is Cc1cc(C)c(N2CCS/C2=N\C(=O)NCCC(C)Cc2ccc(-c3ncn(-c4ccc(OC(F)(F)F)cc4)n3)cc2)c(C)c1. The first-order chi connectivity index (χ1) is 21.4. The summed E-state index contributed by atoms with van der Waals surface area (Å²) in [6.45, 7) is 9.80. The third-order valence-corrected chi connectivity index (χ3v) is 8.37. The van der Waals surface area contributed by atoms with Gasteiger partial charge in [-0.2, -0.15) is 4.99 Å². The van der Waals surface area contributed by atoms with Gasteiger partial charge in [-0.3, -0.25) is 0 Å². The number of nitrogens with one attached hydrogen (secondary N) is 1. The quantitative estimate of drug-likeness (QED) is 0.203. The summed E-state index contributed by atoms with van der Waals surface area (Å²) in [5, 5.41) is 8.15. The standard InChI is InChI=1S/C33H35F3N6O2S/c1-21(13-14-37-31(43)39-32-41(15-16-45-32)29-23(3)17-22(2)18-24(29)4)19-25-5-7-26(8-6-25)30-38-20-42(40-30)27-9-11-28(12-10-27)44-33(34,35)36/h5-12,17-18,20-21H,13-16,19H2,1-4H3,(H,37,43)/b39-32-. The Balaban J connectivity index is 1.10. The number of ether oxygens (including phenoxy) is 1. The summed E-state index contributed by atoms with van der Waals surface area (Å²) < 4.78 is 42.7. The molecule has 2 amide bonds. The molecular formula is C33H35F3N6O2S. The molecule has 2 heterocycles. The second-order valence-electron chi connectivity index (χ2n) is 11.2. The minimum atomic E-state index is -4.74. The predicted molar refractivity (Wildman–Crippen MR) is 172 cm³/mol. The van der Waals surface area contributed by atoms with Crippen molar-refractivity contribution >= 4 is 28.6 Å². The molecule has 45 heavy (non-hydrogen) atoms. The Bertz CT molecular complexity index is 1650. The summed E-state index contributed by atoms with van der Waals surface area (Å²) in [6.07, 6.45) is -1.58. The molecule has 1 aliphatic rings. The molecule has 1 atom stereocenters. The number of rotatable bonds is 9. The molecule has 3 aromatic carbocycles. The molecule has 0 aliphatic carbocycles. The number of amides is 2. The maximum atomic E-state index is 12.7. The number of aliphatic imine (C=N–C) groups is 1. The molecular weight excluding hydrogens is 601 g/mol. The lowest BCUT2D eigenvalue weighted by molar-refractivity contribution is -0.274. The summed E-state index contributed by atoms with van der Waals surface area (Å²) in [4.78, 5) is 23.6. The Morgan fingerprint density at radius 2 is 1.76 bits per heavy atom. The van der Waals surface area contributed by atoms with Gasteiger partial charge in [-0.25, -0.2) is 14.5 Å². The fourth-order valence-electron chi connectivity index (χ4n) is 5.47. The predicted octanol–water partition coefficient (Wildman–Crippen LogP) is 7.65. The van der Waals surface area contributed by atoms with Crippen LogP contribution in [0.25, 0.3) is 17.1 Å². The number of aromatic nitrogens is 3. The second-order valence-corrected chi connectivity index (χ2v) is 12.3. The molecule has 5 rings (SSSR count). The molecule has 236 valence electrons. The van der Waals surface area contributed by atoms with Gasteiger partial charge >= 0.3 is 12.4 Å². The lowest BCUT2D eigenvalue weighted by Crippen LogP contribution is -2.29. The summed E-state index contributed by atoms with van der Waals surface area (Å²) in [7, 11) is 0. The van der Waals surface area contributed by atoms with Gasteiger partial charge in [0.25, 0.3) is 0 Å². The van der Waals surface area contributed by atoms with Gasteiger partial charge in [0.05, 0.1) is 5.69 Å². The number of carbonyl (C=O) groups is 1. The minimum Gasteiger partial charge on any atom is -0.406 e. The van der Waals surface area contributed by atoms with E-state index < -0.39 is 6.36 Å². The van der Waals surface area contributed by atoms with E-state index in [2.05, 4.69) is 69.9 Å². The highest BCUT2D eigenvalue weighted by Crippen LogP contribution is 2.32. The van der Waals surface area contributed by atoms with Crippen LogP contribution < -0.4 is 15.0 Å². The van der Waals surface area contributed by atoms with Crippen molar-refractivity contribution in [1.29, 1.82) is 0 Å². The maximum Gasteiger partial charge on any atom is 0.573 e. The topological polar surface area (TPSA) is 84.6 Å². The van der Waals surface area contributed by atoms with Crippen LogP contribution in [-0.4, -0.2) is 51.2 Å². The molecule has 1 unspecified atom stereocenters. The average molecular weight is 637 g/mol. The smallest absolute Gasteiger partial charge is 0.406 e. The van der Waals surface area contributed by atoms with Crippen molar-refractivity contribution in [2.45, 2.75) is 46.9 Å². The molecule has 1 aromatic heterocycles. The van der Waals surface area contributed by atoms with Gasteiger partial charge in [-0.15, -0.1) is 18.3 Å². The van der Waals surface area contributed by atoms with E-state index in [-0.39, 0.29) is 11.8 Å². The number of nitrogens with zero attached hydrogens (tertiary/aromatic N) is 5. The van der Waals surface area contributed by atoms with E-state index >= 15 is 0 Å². The number of thioether (sulfide) groups is 1. The zero-order chi connectivity index (χ0) is 32.1. The zero-order valence-corrected chi connectivity index (χ0v) is 26.4. The monoisotopic (exact) mass is 636 g/mol. The van der Waals surface area contributed by atoms with Crippen LogP contribution >= 0.6 is 11.8 Å². The van der Waals surface area contributed by atoms with Gasteiger partial charge in [0.15, 0.2) is 11.0 Å². The lowest BCUT2D eigenvalue weighted by Gasteiger charge is -2.23. The van der Waals surface area contributed by atoms with Gasteiger partial charge in [0.2, 0.25) is 0 Å². The van der Waals surface area contributed by atoms with Crippen molar-refractivity contribution < 1.29 is 22.7 Å². The van der Waals surface area contributed by atoms with Crippen LogP contribution in [0.2, 0.25) is 0 Å². The van der Waals surface area contributed by atoms with E-state index in [9.17, 15) is 18.0 Å². The first-order valence-corrected chi connectivity index (χ1v) is 15.7. The van der Waals surface area contributed by atoms with Crippen molar-refractivity contribution in [2.24, 2.45) is 10.9 Å². The molecule has 4 aromatic rings. The van der Waals surface area contributed by atoms with Crippen LogP contribution in [0.4, 0.5) is 23.7 Å². The molecule has 1 fully saturated rings. The molecule has 1 aliphatic heterocycles. The van der Waals surface area contributed by atoms with E-state index in [0.717, 1.165) is 47.1 Å². The normalized spacial score (nSPS) is 15.0. The fourth-order valence-corrected chi connectivity index (χ4v) is 6.41. The number of carbonyl (C=O) groups excluding carboxylic acids is 1. The Morgan fingerprint density at radius 1 is 1.07 bits per heavy atom. The van der Waals surface area contributed by atoms with Gasteiger partial charge in [0.1, 0.15) is 12.1 Å². The molecule has 1 N–H and O–H groups in total. The number of urea groups is 1. The van der Waals surface area contributed by atoms with Crippen molar-refractivity contribution in [3.63, 3.8) is 0 Å². The zero-order valence-electron chi connectivity index (χ0n) is 25.6. The van der Waals surface area contributed by atoms with Crippen LogP contribution in [0.1, 0.15) is 35.6 Å². The number of hydrogen-bond acceptors (Lipinski definition) is 5. The van der Waals surface area contributed by atoms with Gasteiger partial charge in [-0.05, 0) is 80.5 Å². The summed E-state index contributed by atoms with van der Waals surface area (Å²) in [6, 6.07) is 17.4. The number of benzene rings is 3. The summed E-state index contributed by atoms with van der Waals surface area (Å²) in [5.41, 5.74) is 7.25. The van der Waals surface area contributed by atoms with Crippen LogP contribution in [0.5, 0.6) is 5.75 Å². The van der Waals surface area contributed by atoms with Crippen LogP contribution in [-0.2, 0) is 6.42 Å². The highest BCUT2D eigenvalue weighted by molar-refractivity contribution is 8.14. The Labute approximate surface area is 264 Å². The van der Waals surface area contributed by atoms with Gasteiger partial charge in [0, 0.05) is 30.1 Å². The average Bonchev–Trinajstić information content (AvgIpc) is 3.63. The van der Waals surface area contributed by atoms with E-state index in [1.807, 2.05) is 24.3 Å². The Hall–Kier alpha value is -4.32. The fraction of sp³-hybridized carbons (Fsp3) is 0.333. The summed E-state index contributed by atoms with van der Waals surface area (Å²) in [5.74, 6) is 1.43. The Morgan fingerprint density at radius 3 is 2.42 bits per heavy atom. The third kappa shape index (κ3) is 8.44. The summed E-state index contributed by atoms with van der Waals surface area (Å²) >= 11 is 1.60. The Kier molecular flexibility index (Phi) is 9.81. The van der Waals surface area contributed by atoms with Crippen molar-refractivity contribution in [3.8, 4) is 22.8 Å². The van der Waals surface area contributed by atoms with Crippen molar-refractivity contribution in [3.05, 3.63) is 89.2 Å². The first-order valence-electron chi connectivity index (χ1n) is 14.7. The number of hydrogen-bond donors (Lipinski definition) is 1. The lowest BCUT2D eigenvalue weighted by atomic mass is 9.97. The number of anilines is 1. The van der Waals surface area contributed by atoms with Crippen molar-refractivity contribution in [1.82, 2.24) is 20.1 Å². The number of amidine groups is 1. The van der Waals surface area contributed by atoms with E-state index in [1.54, 1.807) is 11.8 Å². The first kappa shape index (κ1) is 32.1. The third-order valence-electron chi connectivity index (χ3n) is 7.42. The molecule has 0 spiro atoms. The van der Waals surface area contributed by atoms with Crippen LogP contribution in [0, 0.1) is 26.7 Å². The molecule has 1 saturated heterocycles. The van der Waals surface area contributed by atoms with Crippen LogP contribution in [0.3, 0.4) is 0 Å². The molecule has 8 nitrogen and oxygen atoms in total. The maximum absolute atomic E-state index is 12.7. The number of aryl methyl sites for hydroxylation is 3. The van der Waals surface area contributed by atoms with Crippen molar-refractivity contribution in [2.75, 3.05) is 23.7 Å².